The quantitative estimate of drug-likeness (QED) is 0.316. The highest BCUT2D eigenvalue weighted by atomic mass is 35.5. The number of para-hydroxylation sites is 1. The van der Waals surface area contributed by atoms with Crippen molar-refractivity contribution in [3.63, 3.8) is 0 Å². The fourth-order valence-electron chi connectivity index (χ4n) is 4.34. The standard InChI is InChI=1S/C27H32Cl2N4O3/c1-2-16-35-24-8-4-3-6-19(24)7-5-13-30-27(34)20-11-14-33(15-12-20)18-25-31-26(32-36-25)22-10-9-21(28)17-23(22)29/h3-4,6,8-10,17,20H,2,5,7,11-16,18H2,1H3,(H,30,34). The van der Waals surface area contributed by atoms with Crippen LogP contribution in [0.15, 0.2) is 47.0 Å². The number of halogens is 2. The van der Waals surface area contributed by atoms with E-state index in [9.17, 15) is 4.79 Å². The third-order valence-corrected chi connectivity index (χ3v) is 6.86. The van der Waals surface area contributed by atoms with Crippen molar-refractivity contribution in [3.05, 3.63) is 64.0 Å². The summed E-state index contributed by atoms with van der Waals surface area (Å²) < 4.78 is 11.3. The molecule has 192 valence electrons. The Bertz CT molecular complexity index is 1150. The Morgan fingerprint density at radius 3 is 2.78 bits per heavy atom. The third kappa shape index (κ3) is 7.21. The number of likely N-dealkylation sites (tertiary alicyclic amines) is 1. The third-order valence-electron chi connectivity index (χ3n) is 6.31. The van der Waals surface area contributed by atoms with Crippen molar-refractivity contribution < 1.29 is 14.1 Å². The fraction of sp³-hybridized carbons (Fsp3) is 0.444. The Balaban J connectivity index is 1.18. The van der Waals surface area contributed by atoms with Gasteiger partial charge >= 0.3 is 0 Å². The zero-order valence-corrected chi connectivity index (χ0v) is 22.0. The summed E-state index contributed by atoms with van der Waals surface area (Å²) in [5.41, 5.74) is 1.87. The lowest BCUT2D eigenvalue weighted by Crippen LogP contribution is -2.40. The number of hydrogen-bond acceptors (Lipinski definition) is 6. The van der Waals surface area contributed by atoms with Crippen LogP contribution in [0.25, 0.3) is 11.4 Å². The smallest absolute Gasteiger partial charge is 0.241 e. The maximum atomic E-state index is 12.7. The van der Waals surface area contributed by atoms with E-state index in [1.807, 2.05) is 18.2 Å². The lowest BCUT2D eigenvalue weighted by molar-refractivity contribution is -0.126. The van der Waals surface area contributed by atoms with Gasteiger partial charge in [-0.2, -0.15) is 4.98 Å². The van der Waals surface area contributed by atoms with Crippen LogP contribution in [0.5, 0.6) is 5.75 Å². The number of ether oxygens (including phenoxy) is 1. The first-order valence-corrected chi connectivity index (χ1v) is 13.3. The van der Waals surface area contributed by atoms with Crippen LogP contribution < -0.4 is 10.1 Å². The van der Waals surface area contributed by atoms with Crippen LogP contribution in [0, 0.1) is 5.92 Å². The molecule has 1 aliphatic heterocycles. The Morgan fingerprint density at radius 1 is 1.19 bits per heavy atom. The van der Waals surface area contributed by atoms with Gasteiger partial charge in [-0.25, -0.2) is 0 Å². The van der Waals surface area contributed by atoms with E-state index in [-0.39, 0.29) is 11.8 Å². The van der Waals surface area contributed by atoms with Gasteiger partial charge in [-0.15, -0.1) is 0 Å². The van der Waals surface area contributed by atoms with Gasteiger partial charge in [0.15, 0.2) is 0 Å². The van der Waals surface area contributed by atoms with E-state index >= 15 is 0 Å². The molecule has 0 atom stereocenters. The van der Waals surface area contributed by atoms with E-state index in [1.165, 1.54) is 5.56 Å². The molecular weight excluding hydrogens is 499 g/mol. The van der Waals surface area contributed by atoms with Crippen molar-refractivity contribution in [2.45, 2.75) is 45.6 Å². The van der Waals surface area contributed by atoms with Crippen molar-refractivity contribution in [2.24, 2.45) is 5.92 Å². The number of aryl methyl sites for hydroxylation is 1. The SMILES string of the molecule is CCCOc1ccccc1CCCNC(=O)C1CCN(Cc2nc(-c3ccc(Cl)cc3Cl)no2)CC1. The molecule has 0 unspecified atom stereocenters. The van der Waals surface area contributed by atoms with Crippen molar-refractivity contribution in [2.75, 3.05) is 26.2 Å². The minimum atomic E-state index is 0.0348. The Kier molecular flexibility index (Phi) is 9.61. The van der Waals surface area contributed by atoms with E-state index in [4.69, 9.17) is 32.5 Å². The summed E-state index contributed by atoms with van der Waals surface area (Å²) in [5, 5.41) is 8.22. The molecule has 2 heterocycles. The van der Waals surface area contributed by atoms with Gasteiger partial charge in [-0.1, -0.05) is 53.5 Å². The molecule has 7 nitrogen and oxygen atoms in total. The Morgan fingerprint density at radius 2 is 2.00 bits per heavy atom. The maximum absolute atomic E-state index is 12.7. The predicted molar refractivity (Wildman–Crippen MR) is 141 cm³/mol. The number of nitrogens with zero attached hydrogens (tertiary/aromatic N) is 3. The summed E-state index contributed by atoms with van der Waals surface area (Å²) in [6.45, 7) is 5.64. The van der Waals surface area contributed by atoms with Gasteiger partial charge < -0.3 is 14.6 Å². The van der Waals surface area contributed by atoms with Gasteiger partial charge in [-0.3, -0.25) is 9.69 Å². The van der Waals surface area contributed by atoms with Crippen LogP contribution in [0.2, 0.25) is 10.0 Å². The molecule has 0 spiro atoms. The number of carbonyl (C=O) groups is 1. The average molecular weight is 531 g/mol. The molecule has 3 aromatic rings. The first-order valence-electron chi connectivity index (χ1n) is 12.5. The van der Waals surface area contributed by atoms with E-state index in [1.54, 1.807) is 18.2 Å². The van der Waals surface area contributed by atoms with Crippen LogP contribution >= 0.6 is 23.2 Å². The molecule has 36 heavy (non-hydrogen) atoms. The molecule has 4 rings (SSSR count). The highest BCUT2D eigenvalue weighted by Crippen LogP contribution is 2.29. The molecule has 1 aromatic heterocycles. The molecule has 2 aromatic carbocycles. The van der Waals surface area contributed by atoms with E-state index in [0.717, 1.165) is 57.6 Å². The Hall–Kier alpha value is -2.61. The second kappa shape index (κ2) is 13.1. The van der Waals surface area contributed by atoms with Gasteiger partial charge in [0.05, 0.1) is 18.2 Å². The zero-order valence-electron chi connectivity index (χ0n) is 20.5. The molecule has 9 heteroatoms. The molecular formula is C27H32Cl2N4O3. The fourth-order valence-corrected chi connectivity index (χ4v) is 4.83. The summed E-state index contributed by atoms with van der Waals surface area (Å²) in [6.07, 6.45) is 4.37. The lowest BCUT2D eigenvalue weighted by atomic mass is 9.96. The zero-order chi connectivity index (χ0) is 25.3. The molecule has 1 fully saturated rings. The molecule has 0 bridgehead atoms. The molecule has 1 aliphatic rings. The summed E-state index contributed by atoms with van der Waals surface area (Å²) in [6, 6.07) is 13.3. The van der Waals surface area contributed by atoms with Gasteiger partial charge in [-0.05, 0) is 75.0 Å². The molecule has 1 N–H and O–H groups in total. The van der Waals surface area contributed by atoms with Gasteiger partial charge in [0.1, 0.15) is 5.75 Å². The largest absolute Gasteiger partial charge is 0.493 e. The lowest BCUT2D eigenvalue weighted by Gasteiger charge is -2.30. The Labute approximate surface area is 222 Å². The molecule has 0 aliphatic carbocycles. The molecule has 0 radical (unpaired) electrons. The van der Waals surface area contributed by atoms with E-state index < -0.39 is 0 Å². The van der Waals surface area contributed by atoms with Crippen LogP contribution in [-0.2, 0) is 17.8 Å². The number of nitrogens with one attached hydrogen (secondary N) is 1. The van der Waals surface area contributed by atoms with Crippen molar-refractivity contribution >= 4 is 29.1 Å². The van der Waals surface area contributed by atoms with Gasteiger partial charge in [0.2, 0.25) is 17.6 Å². The summed E-state index contributed by atoms with van der Waals surface area (Å²) in [4.78, 5) is 19.4. The van der Waals surface area contributed by atoms with Crippen LogP contribution in [0.3, 0.4) is 0 Å². The topological polar surface area (TPSA) is 80.5 Å². The number of amides is 1. The second-order valence-corrected chi connectivity index (χ2v) is 9.88. The van der Waals surface area contributed by atoms with E-state index in [2.05, 4.69) is 33.3 Å². The molecule has 0 saturated carbocycles. The number of aromatic nitrogens is 2. The van der Waals surface area contributed by atoms with E-state index in [0.29, 0.717) is 40.4 Å². The first-order chi connectivity index (χ1) is 17.5. The molecule has 1 amide bonds. The number of rotatable bonds is 11. The van der Waals surface area contributed by atoms with Crippen molar-refractivity contribution in [3.8, 4) is 17.1 Å². The second-order valence-electron chi connectivity index (χ2n) is 9.04. The van der Waals surface area contributed by atoms with Crippen molar-refractivity contribution in [1.82, 2.24) is 20.4 Å². The number of benzene rings is 2. The van der Waals surface area contributed by atoms with Gasteiger partial charge in [0, 0.05) is 23.0 Å². The first kappa shape index (κ1) is 26.5. The average Bonchev–Trinajstić information content (AvgIpc) is 3.34. The number of hydrogen-bond donors (Lipinski definition) is 1. The van der Waals surface area contributed by atoms with Crippen LogP contribution in [0.1, 0.15) is 44.1 Å². The molecule has 1 saturated heterocycles. The minimum Gasteiger partial charge on any atom is -0.493 e. The van der Waals surface area contributed by atoms with Crippen LogP contribution in [0.4, 0.5) is 0 Å². The maximum Gasteiger partial charge on any atom is 0.241 e. The summed E-state index contributed by atoms with van der Waals surface area (Å²) in [7, 11) is 0. The highest BCUT2D eigenvalue weighted by Gasteiger charge is 2.26. The minimum absolute atomic E-state index is 0.0348. The monoisotopic (exact) mass is 530 g/mol. The normalized spacial score (nSPS) is 14.6. The van der Waals surface area contributed by atoms with Crippen molar-refractivity contribution in [1.29, 1.82) is 0 Å². The number of carbonyl (C=O) groups excluding carboxylic acids is 1. The highest BCUT2D eigenvalue weighted by molar-refractivity contribution is 6.36. The number of piperidine rings is 1. The van der Waals surface area contributed by atoms with Gasteiger partial charge in [0.25, 0.3) is 0 Å². The summed E-state index contributed by atoms with van der Waals surface area (Å²) in [5.74, 6) is 2.10. The summed E-state index contributed by atoms with van der Waals surface area (Å²) >= 11 is 12.2. The van der Waals surface area contributed by atoms with Crippen LogP contribution in [-0.4, -0.2) is 47.2 Å². The predicted octanol–water partition coefficient (Wildman–Crippen LogP) is 5.79.